The van der Waals surface area contributed by atoms with Gasteiger partial charge in [0, 0.05) is 24.6 Å². The van der Waals surface area contributed by atoms with E-state index in [1.807, 2.05) is 6.92 Å². The maximum atomic E-state index is 13.0. The minimum atomic E-state index is -0.366. The summed E-state index contributed by atoms with van der Waals surface area (Å²) in [6.45, 7) is 6.96. The van der Waals surface area contributed by atoms with Crippen LogP contribution in [0.1, 0.15) is 40.0 Å². The highest BCUT2D eigenvalue weighted by molar-refractivity contribution is 5.76. The van der Waals surface area contributed by atoms with Gasteiger partial charge >= 0.3 is 0 Å². The average molecular weight is 310 g/mol. The van der Waals surface area contributed by atoms with Crippen molar-refractivity contribution in [2.24, 2.45) is 11.7 Å². The zero-order valence-corrected chi connectivity index (χ0v) is 13.7. The number of hydrogen-bond acceptors (Lipinski definition) is 3. The summed E-state index contributed by atoms with van der Waals surface area (Å²) in [5, 5.41) is 3.00. The topological polar surface area (TPSA) is 64.3 Å². The third-order valence-electron chi connectivity index (χ3n) is 3.36. The normalized spacial score (nSPS) is 13.7. The highest BCUT2D eigenvalue weighted by Gasteiger charge is 2.25. The molecule has 1 amide bonds. The van der Waals surface area contributed by atoms with Crippen LogP contribution >= 0.6 is 0 Å². The third-order valence-corrected chi connectivity index (χ3v) is 3.36. The predicted molar refractivity (Wildman–Crippen MR) is 86.2 cm³/mol. The Morgan fingerprint density at radius 1 is 1.45 bits per heavy atom. The minimum Gasteiger partial charge on any atom is -0.493 e. The van der Waals surface area contributed by atoms with Gasteiger partial charge in [-0.1, -0.05) is 19.9 Å². The van der Waals surface area contributed by atoms with Crippen LogP contribution in [-0.2, 0) is 4.79 Å². The molecule has 124 valence electrons. The van der Waals surface area contributed by atoms with E-state index in [2.05, 4.69) is 19.2 Å². The molecule has 0 aliphatic heterocycles. The first-order valence-electron chi connectivity index (χ1n) is 7.74. The van der Waals surface area contributed by atoms with Gasteiger partial charge in [0.2, 0.25) is 5.91 Å². The van der Waals surface area contributed by atoms with Crippen molar-refractivity contribution >= 4 is 5.91 Å². The average Bonchev–Trinajstić information content (AvgIpc) is 2.43. The molecule has 0 saturated heterocycles. The summed E-state index contributed by atoms with van der Waals surface area (Å²) in [7, 11) is 0. The first-order chi connectivity index (χ1) is 10.3. The molecule has 1 unspecified atom stereocenters. The summed E-state index contributed by atoms with van der Waals surface area (Å²) in [5.41, 5.74) is 5.41. The van der Waals surface area contributed by atoms with Crippen LogP contribution in [0.3, 0.4) is 0 Å². The lowest BCUT2D eigenvalue weighted by atomic mass is 9.90. The molecule has 0 bridgehead atoms. The quantitative estimate of drug-likeness (QED) is 0.689. The number of nitrogens with two attached hydrogens (primary N) is 1. The molecule has 5 heteroatoms. The molecule has 1 aromatic rings. The first-order valence-corrected chi connectivity index (χ1v) is 7.74. The molecule has 0 aliphatic carbocycles. The molecular weight excluding hydrogens is 283 g/mol. The molecular formula is C17H27FN2O2. The van der Waals surface area contributed by atoms with E-state index in [0.29, 0.717) is 37.7 Å². The lowest BCUT2D eigenvalue weighted by Gasteiger charge is -2.31. The van der Waals surface area contributed by atoms with Gasteiger partial charge in [0.1, 0.15) is 11.6 Å². The number of rotatable bonds is 9. The molecule has 1 rings (SSSR count). The Morgan fingerprint density at radius 3 is 2.77 bits per heavy atom. The van der Waals surface area contributed by atoms with Crippen LogP contribution in [0.15, 0.2) is 24.3 Å². The van der Waals surface area contributed by atoms with E-state index in [1.54, 1.807) is 12.1 Å². The van der Waals surface area contributed by atoms with Crippen molar-refractivity contribution in [3.8, 4) is 5.75 Å². The van der Waals surface area contributed by atoms with E-state index in [1.165, 1.54) is 12.1 Å². The van der Waals surface area contributed by atoms with E-state index in [-0.39, 0.29) is 17.3 Å². The predicted octanol–water partition coefficient (Wildman–Crippen LogP) is 2.86. The Labute approximate surface area is 132 Å². The van der Waals surface area contributed by atoms with Crippen molar-refractivity contribution in [3.63, 3.8) is 0 Å². The lowest BCUT2D eigenvalue weighted by Crippen LogP contribution is -2.52. The Balaban J connectivity index is 2.31. The number of amides is 1. The summed E-state index contributed by atoms with van der Waals surface area (Å²) >= 11 is 0. The van der Waals surface area contributed by atoms with Gasteiger partial charge in [-0.15, -0.1) is 0 Å². The van der Waals surface area contributed by atoms with Gasteiger partial charge in [0.25, 0.3) is 0 Å². The second kappa shape index (κ2) is 8.73. The van der Waals surface area contributed by atoms with Gasteiger partial charge in [-0.05, 0) is 37.8 Å². The van der Waals surface area contributed by atoms with Crippen molar-refractivity contribution in [2.75, 3.05) is 13.2 Å². The Kier molecular flexibility index (Phi) is 7.32. The number of nitrogens with one attached hydrogen (secondary N) is 1. The molecule has 3 N–H and O–H groups in total. The van der Waals surface area contributed by atoms with Gasteiger partial charge in [-0.2, -0.15) is 0 Å². The van der Waals surface area contributed by atoms with Crippen LogP contribution in [0.25, 0.3) is 0 Å². The molecule has 0 heterocycles. The van der Waals surface area contributed by atoms with Crippen molar-refractivity contribution in [1.29, 1.82) is 0 Å². The number of hydrogen-bond donors (Lipinski definition) is 2. The van der Waals surface area contributed by atoms with E-state index >= 15 is 0 Å². The van der Waals surface area contributed by atoms with E-state index < -0.39 is 0 Å². The number of carbonyl (C=O) groups excluding carboxylic acids is 1. The van der Waals surface area contributed by atoms with Gasteiger partial charge in [0.15, 0.2) is 0 Å². The third kappa shape index (κ3) is 6.89. The molecule has 0 saturated carbocycles. The van der Waals surface area contributed by atoms with E-state index in [9.17, 15) is 9.18 Å². The smallest absolute Gasteiger partial charge is 0.220 e. The number of benzene rings is 1. The van der Waals surface area contributed by atoms with Crippen LogP contribution in [0, 0.1) is 11.7 Å². The molecule has 1 aromatic carbocycles. The molecule has 0 spiro atoms. The van der Waals surface area contributed by atoms with Crippen LogP contribution in [0.2, 0.25) is 0 Å². The zero-order valence-electron chi connectivity index (χ0n) is 13.7. The van der Waals surface area contributed by atoms with Crippen molar-refractivity contribution in [2.45, 2.75) is 45.6 Å². The van der Waals surface area contributed by atoms with E-state index in [0.717, 1.165) is 6.42 Å². The monoisotopic (exact) mass is 310 g/mol. The largest absolute Gasteiger partial charge is 0.493 e. The first kappa shape index (κ1) is 18.4. The molecule has 0 aliphatic rings. The summed E-state index contributed by atoms with van der Waals surface area (Å²) in [5.74, 6) is 0.580. The summed E-state index contributed by atoms with van der Waals surface area (Å²) in [4.78, 5) is 12.0. The standard InChI is InChI=1S/C17H27FN2O2/c1-13(2)11-17(3,12-19)20-16(21)8-5-9-22-15-7-4-6-14(18)10-15/h4,6-7,10,13H,5,8-9,11-12,19H2,1-3H3,(H,20,21). The molecule has 0 aromatic heterocycles. The van der Waals surface area contributed by atoms with Crippen LogP contribution in [-0.4, -0.2) is 24.6 Å². The maximum absolute atomic E-state index is 13.0. The second-order valence-corrected chi connectivity index (χ2v) is 6.32. The molecule has 0 fully saturated rings. The molecule has 1 atom stereocenters. The van der Waals surface area contributed by atoms with Gasteiger partial charge in [-0.25, -0.2) is 4.39 Å². The number of halogens is 1. The summed E-state index contributed by atoms with van der Waals surface area (Å²) in [6, 6.07) is 5.98. The fraction of sp³-hybridized carbons (Fsp3) is 0.588. The zero-order chi connectivity index (χ0) is 16.6. The second-order valence-electron chi connectivity index (χ2n) is 6.32. The molecule has 0 radical (unpaired) electrons. The lowest BCUT2D eigenvalue weighted by molar-refractivity contribution is -0.123. The minimum absolute atomic E-state index is 0.0311. The van der Waals surface area contributed by atoms with Gasteiger partial charge in [0.05, 0.1) is 6.61 Å². The number of ether oxygens (including phenoxy) is 1. The van der Waals surface area contributed by atoms with Crippen molar-refractivity contribution in [1.82, 2.24) is 5.32 Å². The molecule has 22 heavy (non-hydrogen) atoms. The Morgan fingerprint density at radius 2 is 2.18 bits per heavy atom. The maximum Gasteiger partial charge on any atom is 0.220 e. The highest BCUT2D eigenvalue weighted by atomic mass is 19.1. The number of carbonyl (C=O) groups is 1. The van der Waals surface area contributed by atoms with Crippen LogP contribution in [0.5, 0.6) is 5.75 Å². The van der Waals surface area contributed by atoms with Gasteiger partial charge in [-0.3, -0.25) is 4.79 Å². The van der Waals surface area contributed by atoms with Crippen molar-refractivity contribution < 1.29 is 13.9 Å². The van der Waals surface area contributed by atoms with Crippen molar-refractivity contribution in [3.05, 3.63) is 30.1 Å². The Hall–Kier alpha value is -1.62. The fourth-order valence-electron chi connectivity index (χ4n) is 2.47. The van der Waals surface area contributed by atoms with Crippen LogP contribution in [0.4, 0.5) is 4.39 Å². The summed E-state index contributed by atoms with van der Waals surface area (Å²) < 4.78 is 18.4. The highest BCUT2D eigenvalue weighted by Crippen LogP contribution is 2.16. The fourth-order valence-corrected chi connectivity index (χ4v) is 2.47. The summed E-state index contributed by atoms with van der Waals surface area (Å²) in [6.07, 6.45) is 1.78. The SMILES string of the molecule is CC(C)CC(C)(CN)NC(=O)CCCOc1cccc(F)c1. The Bertz CT molecular complexity index is 479. The van der Waals surface area contributed by atoms with E-state index in [4.69, 9.17) is 10.5 Å². The molecule has 4 nitrogen and oxygen atoms in total. The van der Waals surface area contributed by atoms with Crippen LogP contribution < -0.4 is 15.8 Å². The van der Waals surface area contributed by atoms with Gasteiger partial charge < -0.3 is 15.8 Å².